The number of hydrogen-bond donors (Lipinski definition) is 0. The van der Waals surface area contributed by atoms with E-state index >= 15 is 0 Å². The van der Waals surface area contributed by atoms with Gasteiger partial charge in [0.2, 0.25) is 0 Å². The summed E-state index contributed by atoms with van der Waals surface area (Å²) in [5, 5.41) is 0. The molecule has 0 unspecified atom stereocenters. The number of aryl methyl sites for hydroxylation is 1. The molecule has 5 nitrogen and oxygen atoms in total. The average molecular weight is 365 g/mol. The lowest BCUT2D eigenvalue weighted by Gasteiger charge is -2.22. The standard InChI is InChI=1S/C22H27N3O2/c1-2-3-7-18-9-11-19(12-10-18)21(26)24-14-6-15-25(17-16-24)22(27)20-8-4-5-13-23-20/h4-5,8-13H,2-3,6-7,14-17H2,1H3. The van der Waals surface area contributed by atoms with Crippen LogP contribution in [0.2, 0.25) is 0 Å². The lowest BCUT2D eigenvalue weighted by Crippen LogP contribution is -2.37. The lowest BCUT2D eigenvalue weighted by molar-refractivity contribution is 0.0715. The number of rotatable bonds is 5. The van der Waals surface area contributed by atoms with Gasteiger partial charge in [0.15, 0.2) is 0 Å². The van der Waals surface area contributed by atoms with Gasteiger partial charge >= 0.3 is 0 Å². The molecule has 5 heteroatoms. The van der Waals surface area contributed by atoms with E-state index in [4.69, 9.17) is 0 Å². The number of aromatic nitrogens is 1. The molecular weight excluding hydrogens is 338 g/mol. The molecule has 2 amide bonds. The Hall–Kier alpha value is -2.69. The summed E-state index contributed by atoms with van der Waals surface area (Å²) in [5.41, 5.74) is 2.45. The summed E-state index contributed by atoms with van der Waals surface area (Å²) in [7, 11) is 0. The molecule has 0 N–H and O–H groups in total. The van der Waals surface area contributed by atoms with Gasteiger partial charge in [-0.3, -0.25) is 14.6 Å². The Bertz CT molecular complexity index is 759. The lowest BCUT2D eigenvalue weighted by atomic mass is 10.1. The van der Waals surface area contributed by atoms with Crippen LogP contribution in [0.1, 0.15) is 52.6 Å². The fourth-order valence-electron chi connectivity index (χ4n) is 3.35. The second-order valence-corrected chi connectivity index (χ2v) is 6.95. The first-order valence-electron chi connectivity index (χ1n) is 9.77. The molecule has 2 aromatic rings. The molecule has 0 saturated carbocycles. The SMILES string of the molecule is CCCCc1ccc(C(=O)N2CCCN(C(=O)c3ccccn3)CC2)cc1. The van der Waals surface area contributed by atoms with Gasteiger partial charge in [0.1, 0.15) is 5.69 Å². The van der Waals surface area contributed by atoms with E-state index in [2.05, 4.69) is 24.0 Å². The van der Waals surface area contributed by atoms with Crippen molar-refractivity contribution in [1.82, 2.24) is 14.8 Å². The summed E-state index contributed by atoms with van der Waals surface area (Å²) in [6, 6.07) is 13.3. The Labute approximate surface area is 161 Å². The Balaban J connectivity index is 1.60. The first-order valence-corrected chi connectivity index (χ1v) is 9.77. The molecule has 2 heterocycles. The normalized spacial score (nSPS) is 14.7. The fraction of sp³-hybridized carbons (Fsp3) is 0.409. The average Bonchev–Trinajstić information content (AvgIpc) is 2.98. The molecule has 3 rings (SSSR count). The van der Waals surface area contributed by atoms with E-state index in [0.29, 0.717) is 31.9 Å². The van der Waals surface area contributed by atoms with Crippen molar-refractivity contribution in [3.63, 3.8) is 0 Å². The van der Waals surface area contributed by atoms with Crippen LogP contribution in [0.25, 0.3) is 0 Å². The summed E-state index contributed by atoms with van der Waals surface area (Å²) in [6.07, 6.45) is 5.80. The Morgan fingerprint density at radius 2 is 1.63 bits per heavy atom. The van der Waals surface area contributed by atoms with E-state index in [0.717, 1.165) is 18.4 Å². The van der Waals surface area contributed by atoms with Gasteiger partial charge in [-0.1, -0.05) is 31.5 Å². The van der Waals surface area contributed by atoms with Crippen molar-refractivity contribution >= 4 is 11.8 Å². The maximum atomic E-state index is 12.8. The van der Waals surface area contributed by atoms with Crippen molar-refractivity contribution in [3.05, 3.63) is 65.5 Å². The third-order valence-electron chi connectivity index (χ3n) is 4.97. The maximum absolute atomic E-state index is 12.8. The third-order valence-corrected chi connectivity index (χ3v) is 4.97. The number of unbranched alkanes of at least 4 members (excludes halogenated alkanes) is 1. The van der Waals surface area contributed by atoms with Crippen LogP contribution in [-0.2, 0) is 6.42 Å². The third kappa shape index (κ3) is 4.94. The summed E-state index contributed by atoms with van der Waals surface area (Å²) >= 11 is 0. The van der Waals surface area contributed by atoms with Gasteiger partial charge in [-0.15, -0.1) is 0 Å². The second kappa shape index (κ2) is 9.31. The second-order valence-electron chi connectivity index (χ2n) is 6.95. The number of benzene rings is 1. The van der Waals surface area contributed by atoms with Crippen molar-refractivity contribution in [2.75, 3.05) is 26.2 Å². The summed E-state index contributed by atoms with van der Waals surface area (Å²) in [4.78, 5) is 33.2. The van der Waals surface area contributed by atoms with Gasteiger partial charge in [0.05, 0.1) is 0 Å². The molecule has 0 atom stereocenters. The molecule has 1 fully saturated rings. The van der Waals surface area contributed by atoms with Crippen molar-refractivity contribution in [1.29, 1.82) is 0 Å². The molecule has 0 radical (unpaired) electrons. The van der Waals surface area contributed by atoms with E-state index in [1.54, 1.807) is 23.2 Å². The molecule has 0 aliphatic carbocycles. The van der Waals surface area contributed by atoms with Crippen LogP contribution in [0, 0.1) is 0 Å². The van der Waals surface area contributed by atoms with Crippen LogP contribution in [0.5, 0.6) is 0 Å². The van der Waals surface area contributed by atoms with E-state index in [1.165, 1.54) is 18.4 Å². The van der Waals surface area contributed by atoms with E-state index in [-0.39, 0.29) is 11.8 Å². The van der Waals surface area contributed by atoms with Crippen molar-refractivity contribution < 1.29 is 9.59 Å². The minimum absolute atomic E-state index is 0.0455. The van der Waals surface area contributed by atoms with Crippen LogP contribution in [0.3, 0.4) is 0 Å². The first kappa shape index (κ1) is 19.1. The highest BCUT2D eigenvalue weighted by molar-refractivity contribution is 5.94. The maximum Gasteiger partial charge on any atom is 0.272 e. The first-order chi connectivity index (χ1) is 13.2. The van der Waals surface area contributed by atoms with E-state index < -0.39 is 0 Å². The van der Waals surface area contributed by atoms with Crippen LogP contribution in [0.4, 0.5) is 0 Å². The van der Waals surface area contributed by atoms with E-state index in [1.807, 2.05) is 23.1 Å². The highest BCUT2D eigenvalue weighted by Crippen LogP contribution is 2.13. The topological polar surface area (TPSA) is 53.5 Å². The predicted octanol–water partition coefficient (Wildman–Crippen LogP) is 3.41. The Morgan fingerprint density at radius 3 is 2.26 bits per heavy atom. The molecule has 1 aliphatic heterocycles. The number of carbonyl (C=O) groups is 2. The van der Waals surface area contributed by atoms with Gasteiger partial charge in [-0.25, -0.2) is 0 Å². The zero-order valence-corrected chi connectivity index (χ0v) is 15.9. The molecule has 27 heavy (non-hydrogen) atoms. The predicted molar refractivity (Wildman–Crippen MR) is 106 cm³/mol. The van der Waals surface area contributed by atoms with Gasteiger partial charge < -0.3 is 9.80 Å². The summed E-state index contributed by atoms with van der Waals surface area (Å²) in [5.74, 6) is -0.0191. The zero-order valence-electron chi connectivity index (χ0n) is 15.9. The molecule has 0 bridgehead atoms. The zero-order chi connectivity index (χ0) is 19.1. The largest absolute Gasteiger partial charge is 0.337 e. The van der Waals surface area contributed by atoms with Gasteiger partial charge in [0, 0.05) is 37.9 Å². The van der Waals surface area contributed by atoms with Crippen LogP contribution in [0.15, 0.2) is 48.7 Å². The van der Waals surface area contributed by atoms with E-state index in [9.17, 15) is 9.59 Å². The number of amides is 2. The molecular formula is C22H27N3O2. The van der Waals surface area contributed by atoms with Gasteiger partial charge in [-0.05, 0) is 49.1 Å². The number of hydrogen-bond acceptors (Lipinski definition) is 3. The quantitative estimate of drug-likeness (QED) is 0.816. The highest BCUT2D eigenvalue weighted by atomic mass is 16.2. The number of carbonyl (C=O) groups excluding carboxylic acids is 2. The van der Waals surface area contributed by atoms with Crippen LogP contribution < -0.4 is 0 Å². The molecule has 1 aliphatic rings. The smallest absolute Gasteiger partial charge is 0.272 e. The number of pyridine rings is 1. The van der Waals surface area contributed by atoms with Crippen LogP contribution >= 0.6 is 0 Å². The minimum atomic E-state index is -0.0647. The number of nitrogens with zero attached hydrogens (tertiary/aromatic N) is 3. The van der Waals surface area contributed by atoms with Crippen molar-refractivity contribution in [2.24, 2.45) is 0 Å². The molecule has 142 valence electrons. The Morgan fingerprint density at radius 1 is 0.926 bits per heavy atom. The molecule has 1 saturated heterocycles. The minimum Gasteiger partial charge on any atom is -0.337 e. The van der Waals surface area contributed by atoms with Crippen molar-refractivity contribution in [3.8, 4) is 0 Å². The van der Waals surface area contributed by atoms with Gasteiger partial charge in [0.25, 0.3) is 11.8 Å². The van der Waals surface area contributed by atoms with Crippen molar-refractivity contribution in [2.45, 2.75) is 32.6 Å². The fourth-order valence-corrected chi connectivity index (χ4v) is 3.35. The summed E-state index contributed by atoms with van der Waals surface area (Å²) in [6.45, 7) is 4.58. The molecule has 1 aromatic carbocycles. The monoisotopic (exact) mass is 365 g/mol. The van der Waals surface area contributed by atoms with Gasteiger partial charge in [-0.2, -0.15) is 0 Å². The summed E-state index contributed by atoms with van der Waals surface area (Å²) < 4.78 is 0. The molecule has 0 spiro atoms. The molecule has 1 aromatic heterocycles. The Kier molecular flexibility index (Phi) is 6.58. The highest BCUT2D eigenvalue weighted by Gasteiger charge is 2.24. The van der Waals surface area contributed by atoms with Crippen LogP contribution in [-0.4, -0.2) is 52.8 Å².